The third-order valence-electron chi connectivity index (χ3n) is 3.90. The zero-order valence-electron chi connectivity index (χ0n) is 16.5. The van der Waals surface area contributed by atoms with Gasteiger partial charge in [-0.2, -0.15) is 5.26 Å². The molecule has 0 bridgehead atoms. The number of aryl methyl sites for hydroxylation is 1. The molecular formula is C22H23ClN2O3. The molecule has 5 nitrogen and oxygen atoms in total. The van der Waals surface area contributed by atoms with Crippen LogP contribution in [0.1, 0.15) is 23.6 Å². The van der Waals surface area contributed by atoms with E-state index < -0.39 is 0 Å². The zero-order valence-corrected chi connectivity index (χ0v) is 17.2. The molecule has 146 valence electrons. The van der Waals surface area contributed by atoms with Crippen LogP contribution in [0.2, 0.25) is 5.02 Å². The largest absolute Gasteiger partial charge is 0.490 e. The molecule has 0 aliphatic heterocycles. The summed E-state index contributed by atoms with van der Waals surface area (Å²) in [5, 5.41) is 9.62. The molecule has 0 aliphatic rings. The Morgan fingerprint density at radius 3 is 2.46 bits per heavy atom. The van der Waals surface area contributed by atoms with E-state index in [1.807, 2.05) is 44.2 Å². The van der Waals surface area contributed by atoms with Crippen LogP contribution >= 0.6 is 11.6 Å². The maximum atomic E-state index is 12.1. The van der Waals surface area contributed by atoms with Gasteiger partial charge >= 0.3 is 0 Å². The average Bonchev–Trinajstić information content (AvgIpc) is 2.66. The lowest BCUT2D eigenvalue weighted by Crippen LogP contribution is -2.22. The van der Waals surface area contributed by atoms with E-state index in [9.17, 15) is 10.1 Å². The number of hydrogen-bond donors (Lipinski definition) is 0. The third-order valence-corrected chi connectivity index (χ3v) is 4.18. The van der Waals surface area contributed by atoms with Gasteiger partial charge in [0.15, 0.2) is 11.5 Å². The minimum atomic E-state index is -0.378. The van der Waals surface area contributed by atoms with Crippen LogP contribution in [0.25, 0.3) is 6.08 Å². The number of benzene rings is 2. The van der Waals surface area contributed by atoms with Crippen LogP contribution in [0.5, 0.6) is 11.5 Å². The van der Waals surface area contributed by atoms with Crippen molar-refractivity contribution in [2.24, 2.45) is 0 Å². The SMILES string of the molecule is CCOc1cc(/C=C(/C#N)C(=O)N(C)C)cc(Cl)c1OCc1ccc(C)cc1. The Bertz CT molecular complexity index is 913. The molecule has 0 N–H and O–H groups in total. The summed E-state index contributed by atoms with van der Waals surface area (Å²) in [6.45, 7) is 4.65. The van der Waals surface area contributed by atoms with Crippen LogP contribution < -0.4 is 9.47 Å². The molecule has 0 aromatic heterocycles. The van der Waals surface area contributed by atoms with Crippen molar-refractivity contribution in [2.75, 3.05) is 20.7 Å². The Balaban J connectivity index is 2.34. The molecule has 0 fully saturated rings. The predicted octanol–water partition coefficient (Wildman–Crippen LogP) is 4.62. The summed E-state index contributed by atoms with van der Waals surface area (Å²) < 4.78 is 11.6. The molecule has 28 heavy (non-hydrogen) atoms. The third kappa shape index (κ3) is 5.51. The maximum Gasteiger partial charge on any atom is 0.264 e. The van der Waals surface area contributed by atoms with Gasteiger partial charge in [-0.05, 0) is 43.2 Å². The molecule has 0 unspecified atom stereocenters. The van der Waals surface area contributed by atoms with Crippen molar-refractivity contribution in [2.45, 2.75) is 20.5 Å². The van der Waals surface area contributed by atoms with E-state index >= 15 is 0 Å². The second-order valence-corrected chi connectivity index (χ2v) is 6.81. The van der Waals surface area contributed by atoms with Crippen molar-refractivity contribution in [3.63, 3.8) is 0 Å². The molecule has 0 saturated heterocycles. The predicted molar refractivity (Wildman–Crippen MR) is 110 cm³/mol. The summed E-state index contributed by atoms with van der Waals surface area (Å²) in [7, 11) is 3.18. The number of rotatable bonds is 7. The Labute approximate surface area is 170 Å². The Hall–Kier alpha value is -2.97. The lowest BCUT2D eigenvalue weighted by atomic mass is 10.1. The quantitative estimate of drug-likeness (QED) is 0.504. The number of hydrogen-bond acceptors (Lipinski definition) is 4. The molecule has 2 aromatic carbocycles. The highest BCUT2D eigenvalue weighted by Gasteiger charge is 2.15. The first-order valence-electron chi connectivity index (χ1n) is 8.83. The normalized spacial score (nSPS) is 10.9. The van der Waals surface area contributed by atoms with Crippen LogP contribution in [-0.2, 0) is 11.4 Å². The van der Waals surface area contributed by atoms with E-state index in [4.69, 9.17) is 21.1 Å². The summed E-state index contributed by atoms with van der Waals surface area (Å²) >= 11 is 6.42. The lowest BCUT2D eigenvalue weighted by Gasteiger charge is -2.15. The van der Waals surface area contributed by atoms with Gasteiger partial charge in [-0.15, -0.1) is 0 Å². The molecule has 0 spiro atoms. The second-order valence-electron chi connectivity index (χ2n) is 6.41. The number of nitriles is 1. The van der Waals surface area contributed by atoms with Crippen molar-refractivity contribution >= 4 is 23.6 Å². The number of carbonyl (C=O) groups is 1. The number of amides is 1. The van der Waals surface area contributed by atoms with Crippen molar-refractivity contribution in [1.29, 1.82) is 5.26 Å². The van der Waals surface area contributed by atoms with Gasteiger partial charge < -0.3 is 14.4 Å². The first-order chi connectivity index (χ1) is 13.3. The summed E-state index contributed by atoms with van der Waals surface area (Å²) in [6, 6.07) is 13.3. The molecule has 1 amide bonds. The van der Waals surface area contributed by atoms with Crippen LogP contribution in [0.4, 0.5) is 0 Å². The monoisotopic (exact) mass is 398 g/mol. The molecule has 6 heteroatoms. The summed E-state index contributed by atoms with van der Waals surface area (Å²) in [5.74, 6) is 0.512. The molecule has 0 atom stereocenters. The first kappa shape index (κ1) is 21.3. The number of ether oxygens (including phenoxy) is 2. The summed E-state index contributed by atoms with van der Waals surface area (Å²) in [5.41, 5.74) is 2.78. The number of nitrogens with zero attached hydrogens (tertiary/aromatic N) is 2. The fourth-order valence-corrected chi connectivity index (χ4v) is 2.74. The molecule has 2 rings (SSSR count). The number of halogens is 1. The minimum absolute atomic E-state index is 0.0110. The fraction of sp³-hybridized carbons (Fsp3) is 0.273. The zero-order chi connectivity index (χ0) is 20.7. The second kappa shape index (κ2) is 9.82. The highest BCUT2D eigenvalue weighted by molar-refractivity contribution is 6.32. The lowest BCUT2D eigenvalue weighted by molar-refractivity contribution is -0.124. The van der Waals surface area contributed by atoms with Crippen molar-refractivity contribution in [3.8, 4) is 17.6 Å². The number of likely N-dealkylation sites (N-methyl/N-ethyl adjacent to an activating group) is 1. The van der Waals surface area contributed by atoms with E-state index in [1.165, 1.54) is 16.5 Å². The molecule has 0 aliphatic carbocycles. The Kier molecular flexibility index (Phi) is 7.48. The topological polar surface area (TPSA) is 62.6 Å². The molecule has 0 heterocycles. The standard InChI is InChI=1S/C22H23ClN2O3/c1-5-27-20-12-17(10-18(13-24)22(26)25(3)4)11-19(23)21(20)28-14-16-8-6-15(2)7-9-16/h6-12H,5,14H2,1-4H3/b18-10-. The van der Waals surface area contributed by atoms with Crippen LogP contribution in [-0.4, -0.2) is 31.5 Å². The van der Waals surface area contributed by atoms with E-state index in [1.54, 1.807) is 26.2 Å². The maximum absolute atomic E-state index is 12.1. The van der Waals surface area contributed by atoms with E-state index in [0.717, 1.165) is 5.56 Å². The molecular weight excluding hydrogens is 376 g/mol. The highest BCUT2D eigenvalue weighted by Crippen LogP contribution is 2.38. The average molecular weight is 399 g/mol. The van der Waals surface area contributed by atoms with Gasteiger partial charge in [0.2, 0.25) is 0 Å². The van der Waals surface area contributed by atoms with Gasteiger partial charge in [0.25, 0.3) is 5.91 Å². The highest BCUT2D eigenvalue weighted by atomic mass is 35.5. The minimum Gasteiger partial charge on any atom is -0.490 e. The molecule has 2 aromatic rings. The Morgan fingerprint density at radius 2 is 1.89 bits per heavy atom. The molecule has 0 saturated carbocycles. The van der Waals surface area contributed by atoms with Crippen molar-refractivity contribution < 1.29 is 14.3 Å². The van der Waals surface area contributed by atoms with Gasteiger partial charge in [0, 0.05) is 14.1 Å². The van der Waals surface area contributed by atoms with Crippen LogP contribution in [0.3, 0.4) is 0 Å². The Morgan fingerprint density at radius 1 is 1.21 bits per heavy atom. The van der Waals surface area contributed by atoms with Crippen LogP contribution in [0, 0.1) is 18.3 Å². The van der Waals surface area contributed by atoms with Gasteiger partial charge in [-0.3, -0.25) is 4.79 Å². The summed E-state index contributed by atoms with van der Waals surface area (Å²) in [4.78, 5) is 13.4. The first-order valence-corrected chi connectivity index (χ1v) is 9.21. The van der Waals surface area contributed by atoms with Crippen molar-refractivity contribution in [1.82, 2.24) is 4.90 Å². The van der Waals surface area contributed by atoms with Crippen molar-refractivity contribution in [3.05, 3.63) is 63.7 Å². The number of carbonyl (C=O) groups excluding carboxylic acids is 1. The molecule has 0 radical (unpaired) electrons. The van der Waals surface area contributed by atoms with Gasteiger partial charge in [0.1, 0.15) is 18.2 Å². The fourth-order valence-electron chi connectivity index (χ4n) is 2.46. The van der Waals surface area contributed by atoms with Crippen LogP contribution in [0.15, 0.2) is 42.0 Å². The van der Waals surface area contributed by atoms with Gasteiger partial charge in [0.05, 0.1) is 11.6 Å². The van der Waals surface area contributed by atoms with E-state index in [2.05, 4.69) is 0 Å². The van der Waals surface area contributed by atoms with E-state index in [0.29, 0.717) is 35.3 Å². The van der Waals surface area contributed by atoms with Gasteiger partial charge in [-0.1, -0.05) is 41.4 Å². The summed E-state index contributed by atoms with van der Waals surface area (Å²) in [6.07, 6.45) is 1.49. The van der Waals surface area contributed by atoms with Gasteiger partial charge in [-0.25, -0.2) is 0 Å². The van der Waals surface area contributed by atoms with E-state index in [-0.39, 0.29) is 11.5 Å². The smallest absolute Gasteiger partial charge is 0.264 e.